The summed E-state index contributed by atoms with van der Waals surface area (Å²) in [5.41, 5.74) is 3.57. The molecule has 3 aromatic rings. The second-order valence-corrected chi connectivity index (χ2v) is 7.24. The van der Waals surface area contributed by atoms with Crippen molar-refractivity contribution in [3.63, 3.8) is 0 Å². The molecule has 4 nitrogen and oxygen atoms in total. The third kappa shape index (κ3) is 5.88. The maximum Gasteiger partial charge on any atom is 0.269 e. The van der Waals surface area contributed by atoms with E-state index in [9.17, 15) is 9.18 Å². The zero-order chi connectivity index (χ0) is 20.6. The molecule has 150 valence electrons. The fraction of sp³-hybridized carbons (Fsp3) is 0.250. The number of hydrogen-bond donors (Lipinski definition) is 1. The van der Waals surface area contributed by atoms with Crippen molar-refractivity contribution >= 4 is 11.6 Å². The van der Waals surface area contributed by atoms with E-state index in [1.165, 1.54) is 17.7 Å². The van der Waals surface area contributed by atoms with Crippen LogP contribution in [0.2, 0.25) is 0 Å². The molecule has 0 atom stereocenters. The molecule has 0 spiro atoms. The Kier molecular flexibility index (Phi) is 6.95. The molecule has 0 saturated heterocycles. The van der Waals surface area contributed by atoms with Gasteiger partial charge in [-0.15, -0.1) is 0 Å². The van der Waals surface area contributed by atoms with Gasteiger partial charge in [0.1, 0.15) is 11.5 Å². The lowest BCUT2D eigenvalue weighted by molar-refractivity contribution is 0.0949. The first-order chi connectivity index (χ1) is 14.0. The number of carbonyl (C=O) groups excluding carboxylic acids is 1. The fourth-order valence-corrected chi connectivity index (χ4v) is 3.10. The van der Waals surface area contributed by atoms with Gasteiger partial charge in [0.25, 0.3) is 5.91 Å². The quantitative estimate of drug-likeness (QED) is 0.610. The molecule has 29 heavy (non-hydrogen) atoms. The number of carbonyl (C=O) groups is 1. The fourth-order valence-electron chi connectivity index (χ4n) is 3.10. The largest absolute Gasteiger partial charge is 0.364 e. The highest BCUT2D eigenvalue weighted by molar-refractivity contribution is 5.92. The monoisotopic (exact) mass is 391 g/mol. The maximum absolute atomic E-state index is 12.9. The molecule has 1 amide bonds. The van der Waals surface area contributed by atoms with E-state index in [1.807, 2.05) is 24.3 Å². The number of hydrogen-bond acceptors (Lipinski definition) is 3. The summed E-state index contributed by atoms with van der Waals surface area (Å²) < 4.78 is 12.9. The summed E-state index contributed by atoms with van der Waals surface area (Å²) in [4.78, 5) is 19.0. The van der Waals surface area contributed by atoms with Crippen LogP contribution < -0.4 is 10.2 Å². The van der Waals surface area contributed by atoms with Crippen LogP contribution in [0.5, 0.6) is 0 Å². The first-order valence-corrected chi connectivity index (χ1v) is 9.82. The third-order valence-electron chi connectivity index (χ3n) is 4.74. The second kappa shape index (κ2) is 9.82. The van der Waals surface area contributed by atoms with E-state index >= 15 is 0 Å². The van der Waals surface area contributed by atoms with Gasteiger partial charge in [-0.1, -0.05) is 42.5 Å². The zero-order valence-electron chi connectivity index (χ0n) is 16.8. The van der Waals surface area contributed by atoms with Gasteiger partial charge in [0.2, 0.25) is 0 Å². The number of halogens is 1. The van der Waals surface area contributed by atoms with Gasteiger partial charge in [-0.25, -0.2) is 9.37 Å². The summed E-state index contributed by atoms with van der Waals surface area (Å²) in [6, 6.07) is 20.6. The maximum atomic E-state index is 12.9. The van der Waals surface area contributed by atoms with E-state index in [2.05, 4.69) is 41.2 Å². The highest BCUT2D eigenvalue weighted by atomic mass is 19.1. The number of anilines is 1. The summed E-state index contributed by atoms with van der Waals surface area (Å²) in [6.45, 7) is 5.53. The molecule has 0 aliphatic heterocycles. The summed E-state index contributed by atoms with van der Waals surface area (Å²) in [5.74, 6) is -0.470. The van der Waals surface area contributed by atoms with Gasteiger partial charge in [0.05, 0.1) is 11.9 Å². The number of pyridine rings is 1. The minimum atomic E-state index is -0.259. The highest BCUT2D eigenvalue weighted by Crippen LogP contribution is 2.19. The van der Waals surface area contributed by atoms with Crippen LogP contribution in [-0.2, 0) is 13.0 Å². The Hall–Kier alpha value is -3.21. The van der Waals surface area contributed by atoms with Crippen molar-refractivity contribution in [1.82, 2.24) is 10.3 Å². The van der Waals surface area contributed by atoms with E-state index < -0.39 is 0 Å². The lowest BCUT2D eigenvalue weighted by Crippen LogP contribution is -2.30. The Morgan fingerprint density at radius 3 is 2.34 bits per heavy atom. The Morgan fingerprint density at radius 1 is 1.00 bits per heavy atom. The molecule has 1 N–H and O–H groups in total. The number of benzene rings is 2. The van der Waals surface area contributed by atoms with Gasteiger partial charge in [0.15, 0.2) is 0 Å². The Bertz CT molecular complexity index is 909. The van der Waals surface area contributed by atoms with Crippen molar-refractivity contribution in [2.24, 2.45) is 0 Å². The van der Waals surface area contributed by atoms with Crippen molar-refractivity contribution in [3.05, 3.63) is 95.6 Å². The summed E-state index contributed by atoms with van der Waals surface area (Å²) in [7, 11) is 0. The van der Waals surface area contributed by atoms with E-state index in [4.69, 9.17) is 0 Å². The molecule has 0 saturated carbocycles. The number of nitrogens with one attached hydrogen (secondary N) is 1. The number of aromatic nitrogens is 1. The van der Waals surface area contributed by atoms with Crippen LogP contribution in [0.15, 0.2) is 72.9 Å². The smallest absolute Gasteiger partial charge is 0.269 e. The minimum Gasteiger partial charge on any atom is -0.364 e. The average molecular weight is 391 g/mol. The van der Waals surface area contributed by atoms with E-state index in [0.717, 1.165) is 17.8 Å². The van der Waals surface area contributed by atoms with Crippen LogP contribution in [0.1, 0.15) is 35.5 Å². The van der Waals surface area contributed by atoms with Crippen LogP contribution in [-0.4, -0.2) is 23.5 Å². The lowest BCUT2D eigenvalue weighted by Gasteiger charge is -2.29. The first kappa shape index (κ1) is 20.5. The van der Waals surface area contributed by atoms with E-state index in [-0.39, 0.29) is 11.7 Å². The first-order valence-electron chi connectivity index (χ1n) is 9.82. The summed E-state index contributed by atoms with van der Waals surface area (Å²) in [6.07, 6.45) is 2.39. The van der Waals surface area contributed by atoms with E-state index in [1.54, 1.807) is 24.4 Å². The molecule has 3 rings (SSSR count). The molecule has 5 heteroatoms. The number of amides is 1. The predicted molar refractivity (Wildman–Crippen MR) is 114 cm³/mol. The second-order valence-electron chi connectivity index (χ2n) is 7.24. The molecular formula is C24H26FN3O. The van der Waals surface area contributed by atoms with Crippen LogP contribution in [0.3, 0.4) is 0 Å². The molecule has 1 heterocycles. The van der Waals surface area contributed by atoms with Crippen LogP contribution in [0.25, 0.3) is 0 Å². The zero-order valence-corrected chi connectivity index (χ0v) is 16.8. The predicted octanol–water partition coefficient (Wildman–Crippen LogP) is 4.61. The molecule has 0 aliphatic carbocycles. The van der Waals surface area contributed by atoms with Gasteiger partial charge in [-0.2, -0.15) is 0 Å². The lowest BCUT2D eigenvalue weighted by atomic mass is 10.1. The molecule has 0 radical (unpaired) electrons. The highest BCUT2D eigenvalue weighted by Gasteiger charge is 2.13. The number of rotatable bonds is 8. The van der Waals surface area contributed by atoms with Crippen molar-refractivity contribution in [2.45, 2.75) is 32.9 Å². The third-order valence-corrected chi connectivity index (χ3v) is 4.74. The molecule has 0 unspecified atom stereocenters. The van der Waals surface area contributed by atoms with Gasteiger partial charge in [-0.05, 0) is 55.7 Å². The summed E-state index contributed by atoms with van der Waals surface area (Å²) in [5, 5.41) is 2.86. The molecular weight excluding hydrogens is 365 g/mol. The topological polar surface area (TPSA) is 45.2 Å². The van der Waals surface area contributed by atoms with Gasteiger partial charge >= 0.3 is 0 Å². The Labute approximate surface area is 171 Å². The van der Waals surface area contributed by atoms with Crippen LogP contribution >= 0.6 is 0 Å². The van der Waals surface area contributed by atoms with E-state index in [0.29, 0.717) is 24.7 Å². The van der Waals surface area contributed by atoms with Crippen molar-refractivity contribution < 1.29 is 9.18 Å². The van der Waals surface area contributed by atoms with Crippen molar-refractivity contribution in [3.8, 4) is 0 Å². The molecule has 2 aromatic carbocycles. The van der Waals surface area contributed by atoms with Crippen molar-refractivity contribution in [1.29, 1.82) is 0 Å². The van der Waals surface area contributed by atoms with Gasteiger partial charge in [0, 0.05) is 19.1 Å². The molecule has 1 aromatic heterocycles. The average Bonchev–Trinajstić information content (AvgIpc) is 2.74. The van der Waals surface area contributed by atoms with Crippen LogP contribution in [0.4, 0.5) is 10.1 Å². The summed E-state index contributed by atoms with van der Waals surface area (Å²) >= 11 is 0. The SMILES string of the molecule is CC(C)N(Cc1ccccc1)c1ccc(C(=O)NCCc2ccc(F)cc2)nc1. The standard InChI is InChI=1S/C24H26FN3O/c1-18(2)28(17-20-6-4-3-5-7-20)22-12-13-23(27-16-22)24(29)26-15-14-19-8-10-21(25)11-9-19/h3-13,16,18H,14-15,17H2,1-2H3,(H,26,29). The van der Waals surface area contributed by atoms with Gasteiger partial charge in [-0.3, -0.25) is 4.79 Å². The van der Waals surface area contributed by atoms with Crippen LogP contribution in [0, 0.1) is 5.82 Å². The molecule has 0 fully saturated rings. The minimum absolute atomic E-state index is 0.210. The Balaban J connectivity index is 1.58. The molecule has 0 aliphatic rings. The number of nitrogens with zero attached hydrogens (tertiary/aromatic N) is 2. The normalized spacial score (nSPS) is 10.8. The Morgan fingerprint density at radius 2 is 1.72 bits per heavy atom. The van der Waals surface area contributed by atoms with Crippen molar-refractivity contribution in [2.75, 3.05) is 11.4 Å². The molecule has 0 bridgehead atoms. The van der Waals surface area contributed by atoms with Gasteiger partial charge < -0.3 is 10.2 Å².